The van der Waals surface area contributed by atoms with E-state index < -0.39 is 11.7 Å². The van der Waals surface area contributed by atoms with Crippen LogP contribution in [0, 0.1) is 5.82 Å². The van der Waals surface area contributed by atoms with E-state index in [-0.39, 0.29) is 17.3 Å². The largest absolute Gasteiger partial charge is 0.478 e. The Bertz CT molecular complexity index is 916. The molecule has 0 fully saturated rings. The highest BCUT2D eigenvalue weighted by atomic mass is 35.5. The van der Waals surface area contributed by atoms with Gasteiger partial charge in [0.1, 0.15) is 5.82 Å². The smallest absolute Gasteiger partial charge is 0.271 e. The standard InChI is InChI=1S/C18H16ClFN4O2/c1-2-26-16-6-4-13(19)17(23-16)18(25)22-10-12-3-5-15(14(20)9-12)24-8-7-21-11-24/h3-9,11H,2,10H2,1H3,(H,22,25). The molecule has 1 amide bonds. The molecule has 1 aromatic carbocycles. The molecule has 0 aliphatic carbocycles. The van der Waals surface area contributed by atoms with Gasteiger partial charge in [0.15, 0.2) is 5.69 Å². The van der Waals surface area contributed by atoms with Crippen molar-refractivity contribution in [3.8, 4) is 11.6 Å². The van der Waals surface area contributed by atoms with E-state index in [0.717, 1.165) is 0 Å². The first-order chi connectivity index (χ1) is 12.6. The molecule has 0 aliphatic heterocycles. The van der Waals surface area contributed by atoms with Gasteiger partial charge in [0, 0.05) is 25.0 Å². The number of halogens is 2. The van der Waals surface area contributed by atoms with E-state index in [1.807, 2.05) is 6.92 Å². The van der Waals surface area contributed by atoms with Crippen molar-refractivity contribution in [2.45, 2.75) is 13.5 Å². The highest BCUT2D eigenvalue weighted by molar-refractivity contribution is 6.33. The molecule has 134 valence electrons. The van der Waals surface area contributed by atoms with E-state index in [1.54, 1.807) is 41.2 Å². The molecule has 0 saturated heterocycles. The van der Waals surface area contributed by atoms with Gasteiger partial charge in [-0.05, 0) is 30.7 Å². The van der Waals surface area contributed by atoms with Crippen LogP contribution in [0.3, 0.4) is 0 Å². The average Bonchev–Trinajstić information content (AvgIpc) is 3.16. The predicted octanol–water partition coefficient (Wildman–Crippen LogP) is 3.39. The summed E-state index contributed by atoms with van der Waals surface area (Å²) in [5.41, 5.74) is 1.05. The molecular weight excluding hydrogens is 359 g/mol. The maximum Gasteiger partial charge on any atom is 0.271 e. The second-order valence-corrected chi connectivity index (χ2v) is 5.76. The van der Waals surface area contributed by atoms with E-state index in [2.05, 4.69) is 15.3 Å². The van der Waals surface area contributed by atoms with Crippen molar-refractivity contribution in [1.29, 1.82) is 0 Å². The fraction of sp³-hybridized carbons (Fsp3) is 0.167. The summed E-state index contributed by atoms with van der Waals surface area (Å²) >= 11 is 6.03. The topological polar surface area (TPSA) is 69.0 Å². The number of nitrogens with one attached hydrogen (secondary N) is 1. The Balaban J connectivity index is 1.70. The number of imidazole rings is 1. The van der Waals surface area contributed by atoms with Gasteiger partial charge in [0.25, 0.3) is 5.91 Å². The lowest BCUT2D eigenvalue weighted by atomic mass is 10.2. The molecule has 2 aromatic heterocycles. The Kier molecular flexibility index (Phi) is 5.48. The summed E-state index contributed by atoms with van der Waals surface area (Å²) in [7, 11) is 0. The zero-order valence-electron chi connectivity index (χ0n) is 13.9. The second kappa shape index (κ2) is 7.97. The molecule has 3 aromatic rings. The predicted molar refractivity (Wildman–Crippen MR) is 95.1 cm³/mol. The summed E-state index contributed by atoms with van der Waals surface area (Å²) < 4.78 is 21.1. The first-order valence-corrected chi connectivity index (χ1v) is 8.30. The third-order valence-corrected chi connectivity index (χ3v) is 3.88. The maximum atomic E-state index is 14.3. The van der Waals surface area contributed by atoms with Crippen molar-refractivity contribution in [3.05, 3.63) is 71.2 Å². The summed E-state index contributed by atoms with van der Waals surface area (Å²) in [6.45, 7) is 2.38. The van der Waals surface area contributed by atoms with Crippen LogP contribution in [-0.4, -0.2) is 27.0 Å². The van der Waals surface area contributed by atoms with E-state index in [1.165, 1.54) is 12.4 Å². The molecule has 0 unspecified atom stereocenters. The monoisotopic (exact) mass is 374 g/mol. The number of nitrogens with zero attached hydrogens (tertiary/aromatic N) is 3. The lowest BCUT2D eigenvalue weighted by Gasteiger charge is -2.10. The molecule has 6 nitrogen and oxygen atoms in total. The third-order valence-electron chi connectivity index (χ3n) is 3.58. The number of hydrogen-bond donors (Lipinski definition) is 1. The van der Waals surface area contributed by atoms with Crippen molar-refractivity contribution >= 4 is 17.5 Å². The fourth-order valence-corrected chi connectivity index (χ4v) is 2.54. The molecule has 0 bridgehead atoms. The summed E-state index contributed by atoms with van der Waals surface area (Å²) in [6.07, 6.45) is 4.73. The van der Waals surface area contributed by atoms with Gasteiger partial charge in [-0.2, -0.15) is 0 Å². The summed E-state index contributed by atoms with van der Waals surface area (Å²) in [4.78, 5) is 20.3. The molecule has 2 heterocycles. The maximum absolute atomic E-state index is 14.3. The van der Waals surface area contributed by atoms with Crippen LogP contribution in [0.4, 0.5) is 4.39 Å². The molecule has 0 atom stereocenters. The average molecular weight is 375 g/mol. The number of benzene rings is 1. The van der Waals surface area contributed by atoms with Gasteiger partial charge in [-0.1, -0.05) is 17.7 Å². The van der Waals surface area contributed by atoms with Crippen LogP contribution in [-0.2, 0) is 6.54 Å². The highest BCUT2D eigenvalue weighted by Gasteiger charge is 2.14. The van der Waals surface area contributed by atoms with Gasteiger partial charge in [-0.25, -0.2) is 14.4 Å². The highest BCUT2D eigenvalue weighted by Crippen LogP contribution is 2.19. The van der Waals surface area contributed by atoms with Crippen molar-refractivity contribution < 1.29 is 13.9 Å². The minimum absolute atomic E-state index is 0.0631. The molecule has 0 radical (unpaired) electrons. The molecule has 26 heavy (non-hydrogen) atoms. The summed E-state index contributed by atoms with van der Waals surface area (Å²) in [5, 5.41) is 2.89. The van der Waals surface area contributed by atoms with Crippen LogP contribution in [0.15, 0.2) is 49.1 Å². The first kappa shape index (κ1) is 17.9. The van der Waals surface area contributed by atoms with E-state index in [0.29, 0.717) is 23.7 Å². The third kappa shape index (κ3) is 4.00. The lowest BCUT2D eigenvalue weighted by molar-refractivity contribution is 0.0945. The van der Waals surface area contributed by atoms with Gasteiger partial charge in [-0.3, -0.25) is 4.79 Å². The van der Waals surface area contributed by atoms with E-state index in [4.69, 9.17) is 16.3 Å². The number of rotatable bonds is 6. The molecule has 8 heteroatoms. The van der Waals surface area contributed by atoms with Crippen LogP contribution < -0.4 is 10.1 Å². The molecule has 1 N–H and O–H groups in total. The number of aromatic nitrogens is 3. The molecule has 0 saturated carbocycles. The van der Waals surface area contributed by atoms with Crippen molar-refractivity contribution in [3.63, 3.8) is 0 Å². The Morgan fingerprint density at radius 3 is 2.88 bits per heavy atom. The zero-order chi connectivity index (χ0) is 18.5. The molecular formula is C18H16ClFN4O2. The van der Waals surface area contributed by atoms with E-state index in [9.17, 15) is 9.18 Å². The SMILES string of the molecule is CCOc1ccc(Cl)c(C(=O)NCc2ccc(-n3ccnc3)c(F)c2)n1. The van der Waals surface area contributed by atoms with Gasteiger partial charge in [0.2, 0.25) is 5.88 Å². The van der Waals surface area contributed by atoms with Crippen LogP contribution in [0.5, 0.6) is 5.88 Å². The van der Waals surface area contributed by atoms with Crippen LogP contribution >= 0.6 is 11.6 Å². The minimum Gasteiger partial charge on any atom is -0.478 e. The van der Waals surface area contributed by atoms with Crippen LogP contribution in [0.2, 0.25) is 5.02 Å². The Morgan fingerprint density at radius 1 is 1.35 bits per heavy atom. The van der Waals surface area contributed by atoms with Crippen molar-refractivity contribution in [1.82, 2.24) is 19.9 Å². The number of hydrogen-bond acceptors (Lipinski definition) is 4. The van der Waals surface area contributed by atoms with Crippen LogP contribution in [0.1, 0.15) is 23.0 Å². The summed E-state index contributed by atoms with van der Waals surface area (Å²) in [6, 6.07) is 7.85. The van der Waals surface area contributed by atoms with Gasteiger partial charge >= 0.3 is 0 Å². The Labute approximate surface area is 154 Å². The number of ether oxygens (including phenoxy) is 1. The molecule has 0 spiro atoms. The molecule has 0 aliphatic rings. The number of amides is 1. The molecule has 3 rings (SSSR count). The van der Waals surface area contributed by atoms with Crippen LogP contribution in [0.25, 0.3) is 5.69 Å². The quantitative estimate of drug-likeness (QED) is 0.718. The first-order valence-electron chi connectivity index (χ1n) is 7.92. The lowest BCUT2D eigenvalue weighted by Crippen LogP contribution is -2.24. The van der Waals surface area contributed by atoms with Crippen molar-refractivity contribution in [2.24, 2.45) is 0 Å². The zero-order valence-corrected chi connectivity index (χ0v) is 14.7. The number of carbonyl (C=O) groups is 1. The second-order valence-electron chi connectivity index (χ2n) is 5.35. The van der Waals surface area contributed by atoms with Crippen molar-refractivity contribution in [2.75, 3.05) is 6.61 Å². The normalized spacial score (nSPS) is 10.6. The fourth-order valence-electron chi connectivity index (χ4n) is 2.35. The Hall–Kier alpha value is -2.93. The summed E-state index contributed by atoms with van der Waals surface area (Å²) in [5.74, 6) is -0.558. The minimum atomic E-state index is -0.462. The van der Waals surface area contributed by atoms with Gasteiger partial charge < -0.3 is 14.6 Å². The van der Waals surface area contributed by atoms with Gasteiger partial charge in [-0.15, -0.1) is 0 Å². The number of carbonyl (C=O) groups excluding carboxylic acids is 1. The Morgan fingerprint density at radius 2 is 2.19 bits per heavy atom. The van der Waals surface area contributed by atoms with E-state index >= 15 is 0 Å². The number of pyridine rings is 1. The van der Waals surface area contributed by atoms with Gasteiger partial charge in [0.05, 0.1) is 23.6 Å².